The normalized spacial score (nSPS) is 37.8. The van der Waals surface area contributed by atoms with Crippen LogP contribution in [0, 0.1) is 11.8 Å². The van der Waals surface area contributed by atoms with Crippen LogP contribution >= 0.6 is 15.9 Å². The molecule has 1 aliphatic heterocycles. The van der Waals surface area contributed by atoms with Crippen LogP contribution in [0.4, 0.5) is 0 Å². The number of hydrogen-bond acceptors (Lipinski definition) is 2. The second kappa shape index (κ2) is 4.78. The first-order chi connectivity index (χ1) is 8.99. The highest BCUT2D eigenvalue weighted by atomic mass is 79.9. The molecule has 1 spiro atoms. The molecule has 3 rings (SSSR count). The summed E-state index contributed by atoms with van der Waals surface area (Å²) >= 11 is 3.51. The minimum absolute atomic E-state index is 0.0217. The molecular formula is C16H22BrNO. The lowest BCUT2D eigenvalue weighted by atomic mass is 9.69. The molecule has 2 aliphatic rings. The molecule has 1 aromatic rings. The predicted octanol–water partition coefficient (Wildman–Crippen LogP) is 4.43. The first-order valence-electron chi connectivity index (χ1n) is 7.23. The highest BCUT2D eigenvalue weighted by Crippen LogP contribution is 2.48. The summed E-state index contributed by atoms with van der Waals surface area (Å²) in [6.07, 6.45) is 4.48. The zero-order chi connectivity index (χ0) is 13.6. The summed E-state index contributed by atoms with van der Waals surface area (Å²) in [4.78, 5) is 0. The lowest BCUT2D eigenvalue weighted by Crippen LogP contribution is -2.47. The van der Waals surface area contributed by atoms with E-state index in [4.69, 9.17) is 10.5 Å². The van der Waals surface area contributed by atoms with E-state index in [2.05, 4.69) is 41.9 Å². The Morgan fingerprint density at radius 2 is 2.05 bits per heavy atom. The lowest BCUT2D eigenvalue weighted by molar-refractivity contribution is -0.0287. The standard InChI is InChI=1S/C16H22BrNO/c1-10-5-6-16(8-11(10)2)9-14(18)13-7-12(17)3-4-15(13)19-16/h3-4,7,10-11,14H,5-6,8-9,18H2,1-2H3/t10?,11?,14-,16?/m1/s1. The molecule has 2 nitrogen and oxygen atoms in total. The topological polar surface area (TPSA) is 35.2 Å². The molecule has 4 atom stereocenters. The van der Waals surface area contributed by atoms with E-state index in [1.165, 1.54) is 6.42 Å². The largest absolute Gasteiger partial charge is 0.487 e. The molecule has 1 aliphatic carbocycles. The van der Waals surface area contributed by atoms with Gasteiger partial charge in [-0.1, -0.05) is 29.8 Å². The molecule has 3 heteroatoms. The summed E-state index contributed by atoms with van der Waals surface area (Å²) < 4.78 is 7.48. The van der Waals surface area contributed by atoms with Crippen molar-refractivity contribution in [1.82, 2.24) is 0 Å². The molecule has 104 valence electrons. The van der Waals surface area contributed by atoms with Crippen LogP contribution < -0.4 is 10.5 Å². The fourth-order valence-corrected chi connectivity index (χ4v) is 4.01. The number of ether oxygens (including phenoxy) is 1. The minimum Gasteiger partial charge on any atom is -0.487 e. The molecule has 3 unspecified atom stereocenters. The third-order valence-corrected chi connectivity index (χ3v) is 5.50. The van der Waals surface area contributed by atoms with Gasteiger partial charge in [-0.15, -0.1) is 0 Å². The van der Waals surface area contributed by atoms with E-state index in [0.29, 0.717) is 0 Å². The van der Waals surface area contributed by atoms with Crippen LogP contribution in [0.3, 0.4) is 0 Å². The van der Waals surface area contributed by atoms with Gasteiger partial charge in [0.2, 0.25) is 0 Å². The van der Waals surface area contributed by atoms with Gasteiger partial charge in [0.25, 0.3) is 0 Å². The van der Waals surface area contributed by atoms with Gasteiger partial charge in [-0.3, -0.25) is 0 Å². The average molecular weight is 324 g/mol. The Hall–Kier alpha value is -0.540. The van der Waals surface area contributed by atoms with Crippen molar-refractivity contribution in [3.8, 4) is 5.75 Å². The first kappa shape index (κ1) is 13.4. The SMILES string of the molecule is CC1CCC2(CC1C)C[C@@H](N)c1cc(Br)ccc1O2. The molecule has 1 saturated carbocycles. The van der Waals surface area contributed by atoms with Gasteiger partial charge in [0, 0.05) is 22.5 Å². The second-order valence-electron chi connectivity index (χ2n) is 6.48. The van der Waals surface area contributed by atoms with Gasteiger partial charge in [-0.2, -0.15) is 0 Å². The molecule has 0 aromatic heterocycles. The Morgan fingerprint density at radius 3 is 2.79 bits per heavy atom. The number of rotatable bonds is 0. The van der Waals surface area contributed by atoms with E-state index < -0.39 is 0 Å². The Bertz CT molecular complexity index is 490. The van der Waals surface area contributed by atoms with Crippen LogP contribution in [0.25, 0.3) is 0 Å². The van der Waals surface area contributed by atoms with Gasteiger partial charge in [-0.05, 0) is 49.3 Å². The summed E-state index contributed by atoms with van der Waals surface area (Å²) in [5, 5.41) is 0. The zero-order valence-electron chi connectivity index (χ0n) is 11.7. The predicted molar refractivity (Wildman–Crippen MR) is 81.2 cm³/mol. The van der Waals surface area contributed by atoms with E-state index >= 15 is 0 Å². The van der Waals surface area contributed by atoms with Gasteiger partial charge in [0.15, 0.2) is 0 Å². The van der Waals surface area contributed by atoms with Crippen molar-refractivity contribution in [2.45, 2.75) is 51.2 Å². The summed E-state index contributed by atoms with van der Waals surface area (Å²) in [7, 11) is 0. The Labute approximate surface area is 123 Å². The molecule has 1 fully saturated rings. The second-order valence-corrected chi connectivity index (χ2v) is 7.39. The molecular weight excluding hydrogens is 302 g/mol. The van der Waals surface area contributed by atoms with Gasteiger partial charge in [-0.25, -0.2) is 0 Å². The van der Waals surface area contributed by atoms with Crippen molar-refractivity contribution < 1.29 is 4.74 Å². The summed E-state index contributed by atoms with van der Waals surface area (Å²) in [6, 6.07) is 6.30. The Kier molecular flexibility index (Phi) is 3.38. The van der Waals surface area contributed by atoms with Crippen LogP contribution in [-0.4, -0.2) is 5.60 Å². The third-order valence-electron chi connectivity index (χ3n) is 5.01. The summed E-state index contributed by atoms with van der Waals surface area (Å²) in [6.45, 7) is 4.70. The number of hydrogen-bond donors (Lipinski definition) is 1. The van der Waals surface area contributed by atoms with Crippen molar-refractivity contribution in [3.05, 3.63) is 28.2 Å². The van der Waals surface area contributed by atoms with E-state index in [0.717, 1.165) is 46.9 Å². The van der Waals surface area contributed by atoms with Crippen LogP contribution in [-0.2, 0) is 0 Å². The van der Waals surface area contributed by atoms with E-state index in [1.807, 2.05) is 6.07 Å². The highest BCUT2D eigenvalue weighted by Gasteiger charge is 2.44. The van der Waals surface area contributed by atoms with E-state index in [1.54, 1.807) is 0 Å². The van der Waals surface area contributed by atoms with Gasteiger partial charge in [0.1, 0.15) is 11.4 Å². The maximum Gasteiger partial charge on any atom is 0.124 e. The van der Waals surface area contributed by atoms with Crippen molar-refractivity contribution in [2.75, 3.05) is 0 Å². The molecule has 0 saturated heterocycles. The van der Waals surface area contributed by atoms with Crippen molar-refractivity contribution in [2.24, 2.45) is 17.6 Å². The number of halogens is 1. The van der Waals surface area contributed by atoms with Gasteiger partial charge < -0.3 is 10.5 Å². The maximum absolute atomic E-state index is 6.40. The minimum atomic E-state index is -0.0217. The maximum atomic E-state index is 6.40. The molecule has 1 heterocycles. The van der Waals surface area contributed by atoms with Crippen LogP contribution in [0.15, 0.2) is 22.7 Å². The van der Waals surface area contributed by atoms with E-state index in [9.17, 15) is 0 Å². The number of fused-ring (bicyclic) bond motifs is 1. The molecule has 0 amide bonds. The Morgan fingerprint density at radius 1 is 1.26 bits per heavy atom. The Balaban J connectivity index is 1.90. The fourth-order valence-electron chi connectivity index (χ4n) is 3.63. The molecule has 1 aromatic carbocycles. The van der Waals surface area contributed by atoms with E-state index in [-0.39, 0.29) is 11.6 Å². The first-order valence-corrected chi connectivity index (χ1v) is 8.02. The van der Waals surface area contributed by atoms with Gasteiger partial charge in [0.05, 0.1) is 0 Å². The van der Waals surface area contributed by atoms with Crippen LogP contribution in [0.5, 0.6) is 5.75 Å². The highest BCUT2D eigenvalue weighted by molar-refractivity contribution is 9.10. The van der Waals surface area contributed by atoms with Crippen LogP contribution in [0.1, 0.15) is 51.1 Å². The number of benzene rings is 1. The lowest BCUT2D eigenvalue weighted by Gasteiger charge is -2.47. The average Bonchev–Trinajstić information content (AvgIpc) is 2.36. The van der Waals surface area contributed by atoms with Crippen molar-refractivity contribution >= 4 is 15.9 Å². The third kappa shape index (κ3) is 2.43. The summed E-state index contributed by atoms with van der Waals surface area (Å²) in [5.74, 6) is 2.51. The molecule has 0 bridgehead atoms. The smallest absolute Gasteiger partial charge is 0.124 e. The zero-order valence-corrected chi connectivity index (χ0v) is 13.2. The molecule has 0 radical (unpaired) electrons. The number of nitrogens with two attached hydrogens (primary N) is 1. The quantitative estimate of drug-likeness (QED) is 0.766. The summed E-state index contributed by atoms with van der Waals surface area (Å²) in [5.41, 5.74) is 7.52. The van der Waals surface area contributed by atoms with Crippen LogP contribution in [0.2, 0.25) is 0 Å². The molecule has 19 heavy (non-hydrogen) atoms. The van der Waals surface area contributed by atoms with Crippen molar-refractivity contribution in [3.63, 3.8) is 0 Å². The monoisotopic (exact) mass is 323 g/mol. The van der Waals surface area contributed by atoms with Crippen molar-refractivity contribution in [1.29, 1.82) is 0 Å². The fraction of sp³-hybridized carbons (Fsp3) is 0.625. The van der Waals surface area contributed by atoms with Gasteiger partial charge >= 0.3 is 0 Å². The molecule has 2 N–H and O–H groups in total.